The Morgan fingerprint density at radius 1 is 0.405 bits per heavy atom. The second kappa shape index (κ2) is 31.6. The van der Waals surface area contributed by atoms with E-state index in [0.29, 0.717) is 0 Å². The van der Waals surface area contributed by atoms with Gasteiger partial charge in [-0.2, -0.15) is 0 Å². The number of unbranched alkanes of at least 4 members (excludes halogenated alkanes) is 28. The fourth-order valence-electron chi connectivity index (χ4n) is 6.68. The predicted molar refractivity (Wildman–Crippen MR) is 188 cm³/mol. The Labute approximate surface area is 266 Å². The van der Waals surface area contributed by atoms with Gasteiger partial charge < -0.3 is 0 Å². The molecular weight excluding hydrogens is 508 g/mol. The summed E-state index contributed by atoms with van der Waals surface area (Å²) in [5.74, 6) is 1.62. The predicted octanol–water partition coefficient (Wildman–Crippen LogP) is 13.5. The molecule has 2 heteroatoms. The van der Waals surface area contributed by atoms with Crippen LogP contribution < -0.4 is 4.57 Å². The lowest BCUT2D eigenvalue weighted by Gasteiger charge is -2.07. The van der Waals surface area contributed by atoms with Crippen LogP contribution in [0, 0.1) is 0 Å². The summed E-state index contributed by atoms with van der Waals surface area (Å²) in [6.07, 6.45) is 50.4. The first-order valence-electron chi connectivity index (χ1n) is 19.9. The van der Waals surface area contributed by atoms with E-state index in [4.69, 9.17) is 0 Å². The maximum Gasteiger partial charge on any atom is 0.256 e. The van der Waals surface area contributed by atoms with Gasteiger partial charge in [0.25, 0.3) is 5.82 Å². The molecule has 0 unspecified atom stereocenters. The minimum Gasteiger partial charge on any atom is -0.234 e. The quantitative estimate of drug-likeness (QED) is 0.0560. The first-order chi connectivity index (χ1) is 20.8. The highest BCUT2D eigenvalue weighted by molar-refractivity contribution is 4.84. The molecule has 0 aromatic carbocycles. The van der Waals surface area contributed by atoms with Crippen LogP contribution in [-0.4, -0.2) is 4.57 Å². The lowest BCUT2D eigenvalue weighted by Crippen LogP contribution is -2.37. The van der Waals surface area contributed by atoms with Gasteiger partial charge in [0, 0.05) is 6.42 Å². The van der Waals surface area contributed by atoms with Crippen LogP contribution in [0.25, 0.3) is 0 Å². The molecule has 2 nitrogen and oxygen atoms in total. The highest BCUT2D eigenvalue weighted by Crippen LogP contribution is 2.15. The van der Waals surface area contributed by atoms with Crippen molar-refractivity contribution in [2.24, 2.45) is 0 Å². The Morgan fingerprint density at radius 2 is 0.738 bits per heavy atom. The van der Waals surface area contributed by atoms with E-state index in [9.17, 15) is 0 Å². The molecule has 1 aromatic heterocycles. The normalized spacial score (nSPS) is 11.6. The summed E-state index contributed by atoms with van der Waals surface area (Å²) in [7, 11) is 0. The number of rotatable bonds is 34. The van der Waals surface area contributed by atoms with Crippen LogP contribution in [0.15, 0.2) is 12.4 Å². The van der Waals surface area contributed by atoms with Gasteiger partial charge in [-0.15, -0.1) is 0 Å². The third-order valence-corrected chi connectivity index (χ3v) is 9.60. The second-order valence-corrected chi connectivity index (χ2v) is 13.8. The van der Waals surface area contributed by atoms with Crippen molar-refractivity contribution in [1.29, 1.82) is 0 Å². The van der Waals surface area contributed by atoms with Gasteiger partial charge in [0.05, 0.1) is 13.1 Å². The summed E-state index contributed by atoms with van der Waals surface area (Å²) >= 11 is 0. The Hall–Kier alpha value is -0.790. The van der Waals surface area contributed by atoms with Gasteiger partial charge in [-0.25, -0.2) is 9.13 Å². The molecule has 0 N–H and O–H groups in total. The summed E-state index contributed by atoms with van der Waals surface area (Å²) in [5, 5.41) is 0. The third-order valence-electron chi connectivity index (χ3n) is 9.60. The van der Waals surface area contributed by atoms with Crippen molar-refractivity contribution in [3.8, 4) is 0 Å². The van der Waals surface area contributed by atoms with Crippen LogP contribution in [0.4, 0.5) is 0 Å². The van der Waals surface area contributed by atoms with Gasteiger partial charge in [-0.1, -0.05) is 188 Å². The molecular formula is C40H79N2+. The maximum absolute atomic E-state index is 2.63. The number of aromatic nitrogens is 2. The van der Waals surface area contributed by atoms with E-state index in [1.165, 1.54) is 219 Å². The molecule has 0 fully saturated rings. The lowest BCUT2D eigenvalue weighted by atomic mass is 10.0. The smallest absolute Gasteiger partial charge is 0.234 e. The monoisotopic (exact) mass is 588 g/mol. The number of aryl methyl sites for hydroxylation is 2. The molecule has 1 rings (SSSR count). The van der Waals surface area contributed by atoms with E-state index in [0.717, 1.165) is 0 Å². The van der Waals surface area contributed by atoms with Gasteiger partial charge in [0.2, 0.25) is 0 Å². The van der Waals surface area contributed by atoms with E-state index in [1.54, 1.807) is 5.82 Å². The van der Waals surface area contributed by atoms with Crippen molar-refractivity contribution in [2.75, 3.05) is 0 Å². The molecule has 42 heavy (non-hydrogen) atoms. The molecule has 0 bridgehead atoms. The summed E-state index contributed by atoms with van der Waals surface area (Å²) < 4.78 is 5.24. The summed E-state index contributed by atoms with van der Waals surface area (Å²) in [6.45, 7) is 9.40. The minimum absolute atomic E-state index is 1.22. The van der Waals surface area contributed by atoms with Gasteiger partial charge in [0.1, 0.15) is 12.4 Å². The molecule has 0 aliphatic carbocycles. The Morgan fingerprint density at radius 3 is 1.14 bits per heavy atom. The second-order valence-electron chi connectivity index (χ2n) is 13.8. The van der Waals surface area contributed by atoms with Crippen molar-refractivity contribution in [3.05, 3.63) is 18.2 Å². The van der Waals surface area contributed by atoms with Crippen molar-refractivity contribution >= 4 is 0 Å². The van der Waals surface area contributed by atoms with Crippen molar-refractivity contribution in [2.45, 2.75) is 239 Å². The molecule has 248 valence electrons. The van der Waals surface area contributed by atoms with Gasteiger partial charge in [0.15, 0.2) is 0 Å². The van der Waals surface area contributed by atoms with E-state index in [1.807, 2.05) is 0 Å². The molecule has 0 aliphatic rings. The molecule has 0 amide bonds. The Bertz CT molecular complexity index is 648. The van der Waals surface area contributed by atoms with E-state index in [-0.39, 0.29) is 0 Å². The maximum atomic E-state index is 2.63. The average Bonchev–Trinajstić information content (AvgIpc) is 3.38. The highest BCUT2D eigenvalue weighted by atomic mass is 15.1. The van der Waals surface area contributed by atoms with E-state index in [2.05, 4.69) is 42.3 Å². The topological polar surface area (TPSA) is 8.81 Å². The molecule has 0 atom stereocenters. The molecule has 0 radical (unpaired) electrons. The van der Waals surface area contributed by atoms with Gasteiger partial charge in [-0.3, -0.25) is 0 Å². The Kier molecular flexibility index (Phi) is 29.5. The molecule has 1 aromatic rings. The van der Waals surface area contributed by atoms with Crippen molar-refractivity contribution in [3.63, 3.8) is 0 Å². The van der Waals surface area contributed by atoms with Crippen molar-refractivity contribution in [1.82, 2.24) is 4.57 Å². The van der Waals surface area contributed by atoms with Crippen LogP contribution in [0.1, 0.15) is 226 Å². The zero-order valence-electron chi connectivity index (χ0n) is 29.6. The van der Waals surface area contributed by atoms with Crippen LogP contribution in [0.3, 0.4) is 0 Å². The summed E-state index contributed by atoms with van der Waals surface area (Å²) in [4.78, 5) is 0. The van der Waals surface area contributed by atoms with E-state index >= 15 is 0 Å². The van der Waals surface area contributed by atoms with Crippen LogP contribution in [0.2, 0.25) is 0 Å². The first-order valence-corrected chi connectivity index (χ1v) is 19.9. The number of hydrogen-bond donors (Lipinski definition) is 0. The fraction of sp³-hybridized carbons (Fsp3) is 0.925. The van der Waals surface area contributed by atoms with Crippen LogP contribution in [-0.2, 0) is 19.5 Å². The minimum atomic E-state index is 1.22. The van der Waals surface area contributed by atoms with Crippen LogP contribution >= 0.6 is 0 Å². The summed E-state index contributed by atoms with van der Waals surface area (Å²) in [5.41, 5.74) is 0. The summed E-state index contributed by atoms with van der Waals surface area (Å²) in [6, 6.07) is 0. The molecule has 0 aliphatic heterocycles. The van der Waals surface area contributed by atoms with Gasteiger partial charge in [-0.05, 0) is 32.1 Å². The zero-order valence-corrected chi connectivity index (χ0v) is 29.6. The lowest BCUT2D eigenvalue weighted by molar-refractivity contribution is -0.704. The first kappa shape index (κ1) is 39.2. The SMILES string of the molecule is CCCCCCCCCCCCCCCCCCCn1cc[n+](CCCCCCC)c1CCCCCCCCCCC. The number of nitrogens with zero attached hydrogens (tertiary/aromatic N) is 2. The van der Waals surface area contributed by atoms with Gasteiger partial charge >= 0.3 is 0 Å². The zero-order chi connectivity index (χ0) is 30.2. The third kappa shape index (κ3) is 23.6. The van der Waals surface area contributed by atoms with Crippen LogP contribution in [0.5, 0.6) is 0 Å². The Balaban J connectivity index is 2.16. The number of hydrogen-bond acceptors (Lipinski definition) is 0. The largest absolute Gasteiger partial charge is 0.256 e. The molecule has 0 saturated carbocycles. The molecule has 0 saturated heterocycles. The molecule has 0 spiro atoms. The number of imidazole rings is 1. The van der Waals surface area contributed by atoms with E-state index < -0.39 is 0 Å². The van der Waals surface area contributed by atoms with Crippen molar-refractivity contribution < 1.29 is 4.57 Å². The average molecular weight is 588 g/mol. The highest BCUT2D eigenvalue weighted by Gasteiger charge is 2.16. The fourth-order valence-corrected chi connectivity index (χ4v) is 6.68. The standard InChI is InChI=1S/C40H79N2/c1-4-7-10-13-15-17-18-19-20-21-22-23-24-26-28-31-34-37-42-39-38-41(36-33-30-12-9-6-3)40(42)35-32-29-27-25-16-14-11-8-5-2/h38-39H,4-37H2,1-3H3/q+1. The molecule has 1 heterocycles.